The van der Waals surface area contributed by atoms with Gasteiger partial charge in [0.15, 0.2) is 0 Å². The zero-order valence-corrected chi connectivity index (χ0v) is 15.2. The van der Waals surface area contributed by atoms with Gasteiger partial charge in [-0.3, -0.25) is 9.59 Å². The van der Waals surface area contributed by atoms with E-state index in [1.165, 1.54) is 25.7 Å². The highest BCUT2D eigenvalue weighted by Crippen LogP contribution is 2.21. The molecular formula is C18H31NO3S. The Balaban J connectivity index is 2.19. The highest BCUT2D eigenvalue weighted by atomic mass is 32.2. The van der Waals surface area contributed by atoms with Crippen LogP contribution in [0.25, 0.3) is 0 Å². The van der Waals surface area contributed by atoms with Gasteiger partial charge in [-0.1, -0.05) is 38.3 Å². The van der Waals surface area contributed by atoms with E-state index in [-0.39, 0.29) is 18.4 Å². The summed E-state index contributed by atoms with van der Waals surface area (Å²) in [4.78, 5) is 24.4. The first-order chi connectivity index (χ1) is 11.1. The van der Waals surface area contributed by atoms with E-state index in [9.17, 15) is 9.59 Å². The van der Waals surface area contributed by atoms with Crippen LogP contribution in [-0.2, 0) is 9.59 Å². The molecule has 132 valence electrons. The first kappa shape index (κ1) is 20.1. The molecule has 4 nitrogen and oxygen atoms in total. The number of carbonyl (C=O) groups is 2. The van der Waals surface area contributed by atoms with Crippen LogP contribution in [-0.4, -0.2) is 46.0 Å². The number of rotatable bonds is 13. The van der Waals surface area contributed by atoms with Crippen LogP contribution in [0.3, 0.4) is 0 Å². The average Bonchev–Trinajstić information content (AvgIpc) is 2.86. The van der Waals surface area contributed by atoms with Gasteiger partial charge in [-0.25, -0.2) is 0 Å². The second-order valence-electron chi connectivity index (χ2n) is 6.08. The zero-order chi connectivity index (χ0) is 16.9. The molecular weight excluding hydrogens is 310 g/mol. The summed E-state index contributed by atoms with van der Waals surface area (Å²) >= 11 is 1.74. The topological polar surface area (TPSA) is 57.6 Å². The zero-order valence-electron chi connectivity index (χ0n) is 14.3. The smallest absolute Gasteiger partial charge is 0.303 e. The molecule has 1 amide bonds. The van der Waals surface area contributed by atoms with E-state index in [0.717, 1.165) is 30.9 Å². The Bertz CT molecular complexity index is 384. The van der Waals surface area contributed by atoms with Crippen LogP contribution >= 0.6 is 11.8 Å². The number of thioether (sulfide) groups is 1. The Kier molecular flexibility index (Phi) is 10.9. The Labute approximate surface area is 144 Å². The highest BCUT2D eigenvalue weighted by Gasteiger charge is 2.28. The van der Waals surface area contributed by atoms with E-state index < -0.39 is 5.97 Å². The van der Waals surface area contributed by atoms with Crippen molar-refractivity contribution in [2.75, 3.05) is 18.1 Å². The largest absolute Gasteiger partial charge is 0.481 e. The number of hydrogen-bond donors (Lipinski definition) is 1. The molecule has 1 aliphatic heterocycles. The van der Waals surface area contributed by atoms with Crippen molar-refractivity contribution in [2.24, 2.45) is 0 Å². The molecule has 0 saturated carbocycles. The van der Waals surface area contributed by atoms with Gasteiger partial charge in [-0.2, -0.15) is 11.8 Å². The molecule has 0 radical (unpaired) electrons. The van der Waals surface area contributed by atoms with Gasteiger partial charge in [0.2, 0.25) is 5.91 Å². The maximum Gasteiger partial charge on any atom is 0.303 e. The lowest BCUT2D eigenvalue weighted by molar-refractivity contribution is -0.137. The maximum atomic E-state index is 12.0. The summed E-state index contributed by atoms with van der Waals surface area (Å²) in [5.41, 5.74) is 0. The van der Waals surface area contributed by atoms with Gasteiger partial charge < -0.3 is 10.0 Å². The summed E-state index contributed by atoms with van der Waals surface area (Å²) in [6.07, 6.45) is 13.2. The Hall–Kier alpha value is -0.970. The van der Waals surface area contributed by atoms with Crippen molar-refractivity contribution >= 4 is 23.6 Å². The molecule has 0 spiro atoms. The molecule has 0 aromatic heterocycles. The van der Waals surface area contributed by atoms with E-state index in [1.54, 1.807) is 11.8 Å². The first-order valence-electron chi connectivity index (χ1n) is 8.90. The minimum absolute atomic E-state index is 0.235. The van der Waals surface area contributed by atoms with Crippen molar-refractivity contribution < 1.29 is 14.7 Å². The highest BCUT2D eigenvalue weighted by molar-refractivity contribution is 7.99. The molecule has 1 N–H and O–H groups in total. The molecule has 1 fully saturated rings. The van der Waals surface area contributed by atoms with Crippen LogP contribution in [0.1, 0.15) is 64.7 Å². The van der Waals surface area contributed by atoms with Crippen LogP contribution in [0.4, 0.5) is 0 Å². The lowest BCUT2D eigenvalue weighted by Gasteiger charge is -2.22. The van der Waals surface area contributed by atoms with Crippen LogP contribution in [0.2, 0.25) is 0 Å². The molecule has 23 heavy (non-hydrogen) atoms. The van der Waals surface area contributed by atoms with Crippen molar-refractivity contribution in [1.82, 2.24) is 4.90 Å². The van der Waals surface area contributed by atoms with Crippen molar-refractivity contribution in [1.29, 1.82) is 0 Å². The second-order valence-corrected chi connectivity index (χ2v) is 7.31. The normalized spacial score (nSPS) is 18.2. The minimum atomic E-state index is -0.732. The predicted octanol–water partition coefficient (Wildman–Crippen LogP) is 4.10. The van der Waals surface area contributed by atoms with Crippen LogP contribution in [0.15, 0.2) is 12.2 Å². The fourth-order valence-electron chi connectivity index (χ4n) is 2.78. The molecule has 1 saturated heterocycles. The third kappa shape index (κ3) is 9.04. The SMILES string of the molecule is CCCCCC/C=C/C1CCC(=O)N1CCSCCCC(=O)O. The van der Waals surface area contributed by atoms with E-state index in [1.807, 2.05) is 4.90 Å². The second kappa shape index (κ2) is 12.5. The summed E-state index contributed by atoms with van der Waals surface area (Å²) in [6.45, 7) is 3.00. The summed E-state index contributed by atoms with van der Waals surface area (Å²) in [5, 5.41) is 8.59. The minimum Gasteiger partial charge on any atom is -0.481 e. The lowest BCUT2D eigenvalue weighted by atomic mass is 10.1. The van der Waals surface area contributed by atoms with E-state index in [4.69, 9.17) is 5.11 Å². The number of hydrogen-bond acceptors (Lipinski definition) is 3. The molecule has 1 atom stereocenters. The number of carboxylic acid groups (broad SMARTS) is 1. The first-order valence-corrected chi connectivity index (χ1v) is 10.1. The summed E-state index contributed by atoms with van der Waals surface area (Å²) in [5.74, 6) is 1.28. The van der Waals surface area contributed by atoms with Crippen LogP contribution < -0.4 is 0 Å². The van der Waals surface area contributed by atoms with Gasteiger partial charge in [0, 0.05) is 25.1 Å². The summed E-state index contributed by atoms with van der Waals surface area (Å²) < 4.78 is 0. The number of amides is 1. The van der Waals surface area contributed by atoms with Crippen LogP contribution in [0, 0.1) is 0 Å². The van der Waals surface area contributed by atoms with Gasteiger partial charge >= 0.3 is 5.97 Å². The standard InChI is InChI=1S/C18H31NO3S/c1-2-3-4-5-6-7-9-16-11-12-17(20)19(16)13-15-23-14-8-10-18(21)22/h7,9,16H,2-6,8,10-15H2,1H3,(H,21,22)/b9-7+. The monoisotopic (exact) mass is 341 g/mol. The maximum absolute atomic E-state index is 12.0. The van der Waals surface area contributed by atoms with Crippen molar-refractivity contribution in [3.63, 3.8) is 0 Å². The number of likely N-dealkylation sites (tertiary alicyclic amines) is 1. The molecule has 1 rings (SSSR count). The molecule has 0 aliphatic carbocycles. The third-order valence-corrected chi connectivity index (χ3v) is 5.16. The number of carboxylic acids is 1. The average molecular weight is 342 g/mol. The number of unbranched alkanes of at least 4 members (excludes halogenated alkanes) is 4. The van der Waals surface area contributed by atoms with Gasteiger partial charge in [0.25, 0.3) is 0 Å². The van der Waals surface area contributed by atoms with E-state index in [0.29, 0.717) is 12.8 Å². The van der Waals surface area contributed by atoms with Crippen LogP contribution in [0.5, 0.6) is 0 Å². The molecule has 1 heterocycles. The Morgan fingerprint density at radius 1 is 1.30 bits per heavy atom. The summed E-state index contributed by atoms with van der Waals surface area (Å²) in [7, 11) is 0. The number of allylic oxidation sites excluding steroid dienone is 1. The number of carbonyl (C=O) groups excluding carboxylic acids is 1. The van der Waals surface area contributed by atoms with E-state index in [2.05, 4.69) is 19.1 Å². The van der Waals surface area contributed by atoms with Crippen molar-refractivity contribution in [3.8, 4) is 0 Å². The van der Waals surface area contributed by atoms with Gasteiger partial charge in [0.05, 0.1) is 6.04 Å². The predicted molar refractivity (Wildman–Crippen MR) is 96.8 cm³/mol. The van der Waals surface area contributed by atoms with Crippen molar-refractivity contribution in [2.45, 2.75) is 70.8 Å². The van der Waals surface area contributed by atoms with Gasteiger partial charge in [0.1, 0.15) is 0 Å². The van der Waals surface area contributed by atoms with E-state index >= 15 is 0 Å². The van der Waals surface area contributed by atoms with Gasteiger partial charge in [-0.15, -0.1) is 0 Å². The molecule has 0 aromatic rings. The molecule has 1 unspecified atom stereocenters. The number of aliphatic carboxylic acids is 1. The fraction of sp³-hybridized carbons (Fsp3) is 0.778. The molecule has 0 bridgehead atoms. The Morgan fingerprint density at radius 2 is 2.13 bits per heavy atom. The molecule has 0 aromatic carbocycles. The molecule has 1 aliphatic rings. The summed E-state index contributed by atoms with van der Waals surface area (Å²) in [6, 6.07) is 0.272. The number of nitrogens with zero attached hydrogens (tertiary/aromatic N) is 1. The fourth-order valence-corrected chi connectivity index (χ4v) is 3.66. The lowest BCUT2D eigenvalue weighted by Crippen LogP contribution is -2.33. The van der Waals surface area contributed by atoms with Crippen molar-refractivity contribution in [3.05, 3.63) is 12.2 Å². The van der Waals surface area contributed by atoms with Gasteiger partial charge in [-0.05, 0) is 31.4 Å². The quantitative estimate of drug-likeness (QED) is 0.405. The Morgan fingerprint density at radius 3 is 2.87 bits per heavy atom. The third-order valence-electron chi connectivity index (χ3n) is 4.11. The molecule has 5 heteroatoms.